The maximum Gasteiger partial charge on any atom is 0.345 e. The number of hydrogen-bond donors (Lipinski definition) is 1. The van der Waals surface area contributed by atoms with E-state index in [2.05, 4.69) is 0 Å². The zero-order valence-corrected chi connectivity index (χ0v) is 14.0. The number of phenols is 1. The minimum atomic E-state index is -0.754. The monoisotopic (exact) mass is 320 g/mol. The summed E-state index contributed by atoms with van der Waals surface area (Å²) in [6.07, 6.45) is 1.29. The first-order valence-corrected chi connectivity index (χ1v) is 7.65. The maximum atomic E-state index is 12.2. The smallest absolute Gasteiger partial charge is 0.345 e. The van der Waals surface area contributed by atoms with Crippen LogP contribution in [0.5, 0.6) is 5.75 Å². The van der Waals surface area contributed by atoms with Gasteiger partial charge in [0.15, 0.2) is 0 Å². The molecule has 0 heterocycles. The van der Waals surface area contributed by atoms with Crippen LogP contribution in [0.1, 0.15) is 33.3 Å². The van der Waals surface area contributed by atoms with Crippen molar-refractivity contribution < 1.29 is 24.2 Å². The second kappa shape index (κ2) is 8.98. The van der Waals surface area contributed by atoms with Gasteiger partial charge in [0.05, 0.1) is 13.2 Å². The molecule has 0 bridgehead atoms. The summed E-state index contributed by atoms with van der Waals surface area (Å²) in [5, 5.41) is 9.81. The zero-order chi connectivity index (χ0) is 17.4. The molecule has 1 rings (SSSR count). The molecule has 0 saturated heterocycles. The third kappa shape index (κ3) is 6.55. The highest BCUT2D eigenvalue weighted by Gasteiger charge is 2.22. The fourth-order valence-corrected chi connectivity index (χ4v) is 1.61. The predicted octanol–water partition coefficient (Wildman–Crippen LogP) is 3.17. The molecule has 23 heavy (non-hydrogen) atoms. The van der Waals surface area contributed by atoms with Gasteiger partial charge in [0.25, 0.3) is 0 Å². The van der Waals surface area contributed by atoms with Gasteiger partial charge >= 0.3 is 11.9 Å². The molecule has 1 aromatic carbocycles. The van der Waals surface area contributed by atoms with Crippen molar-refractivity contribution in [1.82, 2.24) is 0 Å². The Morgan fingerprint density at radius 1 is 1.00 bits per heavy atom. The van der Waals surface area contributed by atoms with E-state index in [1.54, 1.807) is 18.2 Å². The number of hydrogen-bond acceptors (Lipinski definition) is 5. The maximum absolute atomic E-state index is 12.2. The number of esters is 2. The van der Waals surface area contributed by atoms with E-state index >= 15 is 0 Å². The lowest BCUT2D eigenvalue weighted by atomic mass is 10.1. The van der Waals surface area contributed by atoms with Gasteiger partial charge in [0.1, 0.15) is 11.3 Å². The molecule has 5 heteroatoms. The van der Waals surface area contributed by atoms with Crippen molar-refractivity contribution in [3.8, 4) is 5.75 Å². The molecule has 1 N–H and O–H groups in total. The van der Waals surface area contributed by atoms with Gasteiger partial charge in [0, 0.05) is 5.56 Å². The average Bonchev–Trinajstić information content (AvgIpc) is 2.49. The zero-order valence-electron chi connectivity index (χ0n) is 14.0. The van der Waals surface area contributed by atoms with E-state index in [0.717, 1.165) is 0 Å². The van der Waals surface area contributed by atoms with Gasteiger partial charge in [-0.3, -0.25) is 0 Å². The van der Waals surface area contributed by atoms with E-state index < -0.39 is 11.9 Å². The fourth-order valence-electron chi connectivity index (χ4n) is 1.61. The van der Waals surface area contributed by atoms with E-state index in [-0.39, 0.29) is 36.4 Å². The summed E-state index contributed by atoms with van der Waals surface area (Å²) in [5.41, 5.74) is 0.123. The Labute approximate surface area is 136 Å². The number of para-hydroxylation sites is 1. The first-order valence-electron chi connectivity index (χ1n) is 7.65. The standard InChI is InChI=1S/C18H24O5/c1-12(2)10-22-17(20)15(18(21)23-11-13(3)4)9-14-7-5-6-8-16(14)19/h5-9,12-13,19H,10-11H2,1-4H3. The highest BCUT2D eigenvalue weighted by Crippen LogP contribution is 2.20. The van der Waals surface area contributed by atoms with Gasteiger partial charge in [-0.2, -0.15) is 0 Å². The summed E-state index contributed by atoms with van der Waals surface area (Å²) in [7, 11) is 0. The van der Waals surface area contributed by atoms with Crippen LogP contribution < -0.4 is 0 Å². The SMILES string of the molecule is CC(C)COC(=O)C(=Cc1ccccc1O)C(=O)OCC(C)C. The quantitative estimate of drug-likeness (QED) is 0.361. The van der Waals surface area contributed by atoms with Crippen LogP contribution in [0, 0.1) is 11.8 Å². The molecule has 0 unspecified atom stereocenters. The highest BCUT2D eigenvalue weighted by atomic mass is 16.6. The molecule has 0 fully saturated rings. The molecular weight excluding hydrogens is 296 g/mol. The molecule has 0 amide bonds. The molecule has 0 radical (unpaired) electrons. The first kappa shape index (κ1) is 18.7. The summed E-state index contributed by atoms with van der Waals surface area (Å²) < 4.78 is 10.2. The lowest BCUT2D eigenvalue weighted by molar-refractivity contribution is -0.148. The normalized spacial score (nSPS) is 10.5. The minimum Gasteiger partial charge on any atom is -0.507 e. The van der Waals surface area contributed by atoms with Crippen LogP contribution in [-0.4, -0.2) is 30.3 Å². The Bertz CT molecular complexity index is 547. The molecule has 0 aromatic heterocycles. The molecule has 0 aliphatic carbocycles. The molecule has 126 valence electrons. The molecular formula is C18H24O5. The second-order valence-corrected chi connectivity index (χ2v) is 6.10. The van der Waals surface area contributed by atoms with Crippen LogP contribution in [0.4, 0.5) is 0 Å². The molecule has 0 atom stereocenters. The van der Waals surface area contributed by atoms with Crippen LogP contribution in [-0.2, 0) is 19.1 Å². The Morgan fingerprint density at radius 2 is 1.48 bits per heavy atom. The van der Waals surface area contributed by atoms with Crippen molar-refractivity contribution in [3.63, 3.8) is 0 Å². The number of phenolic OH excluding ortho intramolecular Hbond substituents is 1. The summed E-state index contributed by atoms with van der Waals surface area (Å²) >= 11 is 0. The Balaban J connectivity index is 3.03. The van der Waals surface area contributed by atoms with Crippen molar-refractivity contribution in [2.45, 2.75) is 27.7 Å². The number of aromatic hydroxyl groups is 1. The van der Waals surface area contributed by atoms with Crippen LogP contribution in [0.2, 0.25) is 0 Å². The van der Waals surface area contributed by atoms with Crippen LogP contribution in [0.3, 0.4) is 0 Å². The van der Waals surface area contributed by atoms with E-state index in [1.807, 2.05) is 27.7 Å². The summed E-state index contributed by atoms with van der Waals surface area (Å²) in [6.45, 7) is 8.00. The molecule has 0 aliphatic rings. The molecule has 5 nitrogen and oxygen atoms in total. The fraction of sp³-hybridized carbons (Fsp3) is 0.444. The van der Waals surface area contributed by atoms with Gasteiger partial charge in [-0.05, 0) is 24.0 Å². The summed E-state index contributed by atoms with van der Waals surface area (Å²) in [4.78, 5) is 24.4. The lowest BCUT2D eigenvalue weighted by Crippen LogP contribution is -2.21. The van der Waals surface area contributed by atoms with Crippen molar-refractivity contribution in [2.24, 2.45) is 11.8 Å². The number of carbonyl (C=O) groups is 2. The van der Waals surface area contributed by atoms with Crippen LogP contribution in [0.15, 0.2) is 29.8 Å². The lowest BCUT2D eigenvalue weighted by Gasteiger charge is -2.11. The minimum absolute atomic E-state index is 0.0293. The second-order valence-electron chi connectivity index (χ2n) is 6.10. The van der Waals surface area contributed by atoms with Gasteiger partial charge < -0.3 is 14.6 Å². The predicted molar refractivity (Wildman–Crippen MR) is 87.7 cm³/mol. The summed E-state index contributed by atoms with van der Waals surface area (Å²) in [6, 6.07) is 6.42. The van der Waals surface area contributed by atoms with Crippen molar-refractivity contribution in [1.29, 1.82) is 0 Å². The summed E-state index contributed by atoms with van der Waals surface area (Å²) in [5.74, 6) is -1.24. The highest BCUT2D eigenvalue weighted by molar-refractivity contribution is 6.17. The van der Waals surface area contributed by atoms with Gasteiger partial charge in [0.2, 0.25) is 0 Å². The van der Waals surface area contributed by atoms with Gasteiger partial charge in [-0.25, -0.2) is 9.59 Å². The molecule has 1 aromatic rings. The number of ether oxygens (including phenoxy) is 2. The van der Waals surface area contributed by atoms with Crippen molar-refractivity contribution in [2.75, 3.05) is 13.2 Å². The van der Waals surface area contributed by atoms with Crippen molar-refractivity contribution >= 4 is 18.0 Å². The molecule has 0 spiro atoms. The van der Waals surface area contributed by atoms with E-state index in [1.165, 1.54) is 12.1 Å². The Hall–Kier alpha value is -2.30. The Morgan fingerprint density at radius 3 is 1.91 bits per heavy atom. The first-order chi connectivity index (χ1) is 10.8. The Kier molecular flexibility index (Phi) is 7.32. The van der Waals surface area contributed by atoms with E-state index in [9.17, 15) is 14.7 Å². The number of rotatable bonds is 7. The largest absolute Gasteiger partial charge is 0.507 e. The number of benzene rings is 1. The topological polar surface area (TPSA) is 72.8 Å². The van der Waals surface area contributed by atoms with E-state index in [0.29, 0.717) is 5.56 Å². The van der Waals surface area contributed by atoms with Crippen molar-refractivity contribution in [3.05, 3.63) is 35.4 Å². The van der Waals surface area contributed by atoms with Gasteiger partial charge in [-0.15, -0.1) is 0 Å². The van der Waals surface area contributed by atoms with Crippen LogP contribution >= 0.6 is 0 Å². The third-order valence-electron chi connectivity index (χ3n) is 2.77. The van der Waals surface area contributed by atoms with Crippen LogP contribution in [0.25, 0.3) is 6.08 Å². The van der Waals surface area contributed by atoms with E-state index in [4.69, 9.17) is 9.47 Å². The molecule has 0 saturated carbocycles. The number of carbonyl (C=O) groups excluding carboxylic acids is 2. The molecule has 0 aliphatic heterocycles. The third-order valence-corrected chi connectivity index (χ3v) is 2.77. The van der Waals surface area contributed by atoms with Gasteiger partial charge in [-0.1, -0.05) is 45.9 Å². The average molecular weight is 320 g/mol.